The highest BCUT2D eigenvalue weighted by Gasteiger charge is 2.09. The van der Waals surface area contributed by atoms with Crippen molar-refractivity contribution in [2.75, 3.05) is 10.6 Å². The van der Waals surface area contributed by atoms with Gasteiger partial charge in [0.25, 0.3) is 5.91 Å². The van der Waals surface area contributed by atoms with Gasteiger partial charge in [-0.1, -0.05) is 0 Å². The van der Waals surface area contributed by atoms with Crippen LogP contribution in [0.15, 0.2) is 54.4 Å². The number of nitrogens with zero attached hydrogens (tertiary/aromatic N) is 2. The number of anilines is 2. The first-order valence-corrected chi connectivity index (χ1v) is 6.45. The molecule has 0 aliphatic carbocycles. The summed E-state index contributed by atoms with van der Waals surface area (Å²) in [5, 5.41) is 14.4. The topological polar surface area (TPSA) is 77.8 Å². The van der Waals surface area contributed by atoms with Crippen LogP contribution in [0.25, 0.3) is 0 Å². The fraction of sp³-hybridized carbons (Fsp3) is 0.0625. The molecule has 1 aromatic heterocycles. The average Bonchev–Trinajstić information content (AvgIpc) is 2.52. The van der Waals surface area contributed by atoms with Gasteiger partial charge >= 0.3 is 0 Å². The molecule has 0 unspecified atom stereocenters. The first-order valence-electron chi connectivity index (χ1n) is 6.45. The van der Waals surface area contributed by atoms with Crippen LogP contribution in [0.4, 0.5) is 15.8 Å². The summed E-state index contributed by atoms with van der Waals surface area (Å²) in [6.07, 6.45) is 2.89. The van der Waals surface area contributed by atoms with Crippen molar-refractivity contribution in [3.8, 4) is 6.07 Å². The predicted molar refractivity (Wildman–Crippen MR) is 81.3 cm³/mol. The van der Waals surface area contributed by atoms with E-state index < -0.39 is 11.7 Å². The molecule has 0 saturated carbocycles. The minimum absolute atomic E-state index is 0.107. The molecule has 0 saturated heterocycles. The zero-order valence-corrected chi connectivity index (χ0v) is 11.8. The van der Waals surface area contributed by atoms with Crippen LogP contribution in [0.5, 0.6) is 0 Å². The molecule has 0 aliphatic rings. The number of carbonyl (C=O) groups is 1. The lowest BCUT2D eigenvalue weighted by atomic mass is 10.2. The van der Waals surface area contributed by atoms with Gasteiger partial charge in [-0.25, -0.2) is 4.39 Å². The van der Waals surface area contributed by atoms with Crippen LogP contribution in [-0.2, 0) is 4.79 Å². The largest absolute Gasteiger partial charge is 0.359 e. The van der Waals surface area contributed by atoms with Crippen LogP contribution in [0, 0.1) is 24.1 Å². The fourth-order valence-corrected chi connectivity index (χ4v) is 1.59. The Hall–Kier alpha value is -3.20. The van der Waals surface area contributed by atoms with E-state index in [0.29, 0.717) is 11.4 Å². The molecule has 0 fully saturated rings. The third kappa shape index (κ3) is 4.15. The fourth-order valence-electron chi connectivity index (χ4n) is 1.59. The van der Waals surface area contributed by atoms with Crippen molar-refractivity contribution in [2.24, 2.45) is 0 Å². The molecular weight excluding hydrogens is 283 g/mol. The van der Waals surface area contributed by atoms with Gasteiger partial charge in [0.15, 0.2) is 0 Å². The molecule has 0 radical (unpaired) electrons. The Labute approximate surface area is 127 Å². The molecule has 2 aromatic rings. The van der Waals surface area contributed by atoms with Crippen LogP contribution < -0.4 is 10.6 Å². The molecule has 6 heteroatoms. The summed E-state index contributed by atoms with van der Waals surface area (Å²) >= 11 is 0. The first kappa shape index (κ1) is 15.2. The van der Waals surface area contributed by atoms with E-state index in [9.17, 15) is 9.18 Å². The molecule has 22 heavy (non-hydrogen) atoms. The van der Waals surface area contributed by atoms with Crippen LogP contribution in [0.2, 0.25) is 0 Å². The molecular formula is C16H13FN4O. The number of hydrogen-bond donors (Lipinski definition) is 2. The molecule has 2 N–H and O–H groups in total. The number of carbonyl (C=O) groups excluding carboxylic acids is 1. The summed E-state index contributed by atoms with van der Waals surface area (Å²) in [7, 11) is 0. The van der Waals surface area contributed by atoms with Gasteiger partial charge in [0.1, 0.15) is 17.5 Å². The quantitative estimate of drug-likeness (QED) is 0.671. The number of aromatic nitrogens is 1. The van der Waals surface area contributed by atoms with Gasteiger partial charge in [0, 0.05) is 17.6 Å². The van der Waals surface area contributed by atoms with Crippen LogP contribution in [0.1, 0.15) is 5.69 Å². The molecule has 2 rings (SSSR count). The Bertz CT molecular complexity index is 730. The predicted octanol–water partition coefficient (Wildman–Crippen LogP) is 2.99. The molecule has 5 nitrogen and oxygen atoms in total. The highest BCUT2D eigenvalue weighted by Crippen LogP contribution is 2.11. The third-order valence-electron chi connectivity index (χ3n) is 2.76. The molecule has 0 spiro atoms. The van der Waals surface area contributed by atoms with E-state index in [1.165, 1.54) is 30.5 Å². The summed E-state index contributed by atoms with van der Waals surface area (Å²) < 4.78 is 12.8. The molecule has 0 aliphatic heterocycles. The van der Waals surface area contributed by atoms with Crippen molar-refractivity contribution in [3.05, 3.63) is 65.9 Å². The second kappa shape index (κ2) is 6.99. The second-order valence-electron chi connectivity index (χ2n) is 4.46. The smallest absolute Gasteiger partial charge is 0.267 e. The Morgan fingerprint density at radius 2 is 1.91 bits per heavy atom. The van der Waals surface area contributed by atoms with Gasteiger partial charge in [-0.2, -0.15) is 5.26 Å². The van der Waals surface area contributed by atoms with E-state index in [0.717, 1.165) is 5.69 Å². The highest BCUT2D eigenvalue weighted by atomic mass is 19.1. The zero-order valence-electron chi connectivity index (χ0n) is 11.8. The normalized spacial score (nSPS) is 10.7. The molecule has 1 aromatic carbocycles. The molecule has 0 atom stereocenters. The van der Waals surface area contributed by atoms with E-state index in [1.54, 1.807) is 18.3 Å². The number of amides is 1. The van der Waals surface area contributed by atoms with Crippen molar-refractivity contribution in [1.82, 2.24) is 4.98 Å². The summed E-state index contributed by atoms with van der Waals surface area (Å²) in [6.45, 7) is 1.86. The lowest BCUT2D eigenvalue weighted by Gasteiger charge is -2.05. The summed E-state index contributed by atoms with van der Waals surface area (Å²) in [4.78, 5) is 16.0. The molecule has 110 valence electrons. The lowest BCUT2D eigenvalue weighted by Crippen LogP contribution is -2.14. The standard InChI is InChI=1S/C16H13FN4O/c1-11-2-5-15(10-19-11)20-9-12(8-18)16(22)21-14-6-3-13(17)4-7-14/h2-7,9-10,20H,1H3,(H,21,22)/b12-9-. The van der Waals surface area contributed by atoms with E-state index in [-0.39, 0.29) is 5.57 Å². The minimum atomic E-state index is -0.582. The maximum absolute atomic E-state index is 12.8. The van der Waals surface area contributed by atoms with Crippen molar-refractivity contribution < 1.29 is 9.18 Å². The van der Waals surface area contributed by atoms with Crippen LogP contribution in [-0.4, -0.2) is 10.9 Å². The summed E-state index contributed by atoms with van der Waals surface area (Å²) in [5.41, 5.74) is 1.83. The van der Waals surface area contributed by atoms with Crippen LogP contribution >= 0.6 is 0 Å². The number of benzene rings is 1. The number of nitriles is 1. The van der Waals surface area contributed by atoms with Crippen molar-refractivity contribution >= 4 is 17.3 Å². The van der Waals surface area contributed by atoms with Gasteiger partial charge in [0.2, 0.25) is 0 Å². The number of aryl methyl sites for hydroxylation is 1. The highest BCUT2D eigenvalue weighted by molar-refractivity contribution is 6.06. The van der Waals surface area contributed by atoms with Crippen LogP contribution in [0.3, 0.4) is 0 Å². The van der Waals surface area contributed by atoms with Gasteiger partial charge in [-0.05, 0) is 43.3 Å². The number of nitrogens with one attached hydrogen (secondary N) is 2. The number of rotatable bonds is 4. The lowest BCUT2D eigenvalue weighted by molar-refractivity contribution is -0.112. The van der Waals surface area contributed by atoms with Gasteiger partial charge in [0.05, 0.1) is 11.9 Å². The Kier molecular flexibility index (Phi) is 4.83. The number of hydrogen-bond acceptors (Lipinski definition) is 4. The number of pyridine rings is 1. The SMILES string of the molecule is Cc1ccc(N/C=C(/C#N)C(=O)Nc2ccc(F)cc2)cn1. The Morgan fingerprint density at radius 3 is 2.50 bits per heavy atom. The van der Waals surface area contributed by atoms with Crippen molar-refractivity contribution in [2.45, 2.75) is 6.92 Å². The average molecular weight is 296 g/mol. The first-order chi connectivity index (χ1) is 10.6. The van der Waals surface area contributed by atoms with Gasteiger partial charge in [-0.15, -0.1) is 0 Å². The van der Waals surface area contributed by atoms with E-state index in [2.05, 4.69) is 15.6 Å². The molecule has 1 amide bonds. The second-order valence-corrected chi connectivity index (χ2v) is 4.46. The number of halogens is 1. The Balaban J connectivity index is 2.05. The third-order valence-corrected chi connectivity index (χ3v) is 2.76. The maximum Gasteiger partial charge on any atom is 0.267 e. The van der Waals surface area contributed by atoms with Crippen molar-refractivity contribution in [3.63, 3.8) is 0 Å². The maximum atomic E-state index is 12.8. The minimum Gasteiger partial charge on any atom is -0.359 e. The van der Waals surface area contributed by atoms with E-state index in [4.69, 9.17) is 5.26 Å². The Morgan fingerprint density at radius 1 is 1.23 bits per heavy atom. The molecule has 1 heterocycles. The van der Waals surface area contributed by atoms with Gasteiger partial charge < -0.3 is 10.6 Å². The van der Waals surface area contributed by atoms with Gasteiger partial charge in [-0.3, -0.25) is 9.78 Å². The summed E-state index contributed by atoms with van der Waals surface area (Å²) in [6, 6.07) is 10.7. The van der Waals surface area contributed by atoms with E-state index in [1.807, 2.05) is 13.0 Å². The zero-order chi connectivity index (χ0) is 15.9. The summed E-state index contributed by atoms with van der Waals surface area (Å²) in [5.74, 6) is -0.982. The van der Waals surface area contributed by atoms with Crippen molar-refractivity contribution in [1.29, 1.82) is 5.26 Å². The monoisotopic (exact) mass is 296 g/mol. The van der Waals surface area contributed by atoms with E-state index >= 15 is 0 Å². The molecule has 0 bridgehead atoms.